The second kappa shape index (κ2) is 6.41. The van der Waals surface area contributed by atoms with Gasteiger partial charge in [-0.25, -0.2) is 9.67 Å². The summed E-state index contributed by atoms with van der Waals surface area (Å²) in [6, 6.07) is 7.22. The van der Waals surface area contributed by atoms with Gasteiger partial charge in [-0.2, -0.15) is 5.10 Å². The van der Waals surface area contributed by atoms with Gasteiger partial charge in [-0.3, -0.25) is 9.59 Å². The third-order valence-corrected chi connectivity index (χ3v) is 3.70. The summed E-state index contributed by atoms with van der Waals surface area (Å²) in [6.07, 6.45) is 4.71. The van der Waals surface area contributed by atoms with E-state index in [9.17, 15) is 9.59 Å². The summed E-state index contributed by atoms with van der Waals surface area (Å²) in [7, 11) is 0. The van der Waals surface area contributed by atoms with Crippen LogP contribution in [0.1, 0.15) is 5.56 Å². The molecule has 0 aliphatic heterocycles. The van der Waals surface area contributed by atoms with Crippen LogP contribution in [-0.4, -0.2) is 26.6 Å². The Hall–Kier alpha value is -3.00. The van der Waals surface area contributed by atoms with Crippen LogP contribution < -0.4 is 10.6 Å². The molecule has 0 saturated heterocycles. The van der Waals surface area contributed by atoms with E-state index in [1.807, 2.05) is 18.4 Å². The van der Waals surface area contributed by atoms with Crippen LogP contribution in [0, 0.1) is 6.92 Å². The summed E-state index contributed by atoms with van der Waals surface area (Å²) >= 11 is 1.42. The van der Waals surface area contributed by atoms with Gasteiger partial charge in [0.15, 0.2) is 0 Å². The molecule has 116 valence electrons. The first-order chi connectivity index (χ1) is 11.1. The lowest BCUT2D eigenvalue weighted by molar-refractivity contribution is -0.132. The van der Waals surface area contributed by atoms with Gasteiger partial charge >= 0.3 is 11.8 Å². The molecule has 0 unspecified atom stereocenters. The van der Waals surface area contributed by atoms with Gasteiger partial charge in [0.05, 0.1) is 18.1 Å². The van der Waals surface area contributed by atoms with Crippen molar-refractivity contribution in [3.63, 3.8) is 0 Å². The van der Waals surface area contributed by atoms with Gasteiger partial charge in [0.2, 0.25) is 5.13 Å². The molecule has 0 aliphatic rings. The van der Waals surface area contributed by atoms with Crippen molar-refractivity contribution in [3.8, 4) is 5.13 Å². The zero-order valence-electron chi connectivity index (χ0n) is 12.2. The Morgan fingerprint density at radius 1 is 1.17 bits per heavy atom. The normalized spacial score (nSPS) is 10.3. The SMILES string of the molecule is Cc1cccc(NC(=O)C(=O)Nc2cnn(-c3nccs3)c2)c1. The molecule has 3 aromatic rings. The Kier molecular flexibility index (Phi) is 4.15. The third kappa shape index (κ3) is 3.61. The Bertz CT molecular complexity index is 841. The number of thiazole rings is 1. The van der Waals surface area contributed by atoms with Crippen LogP contribution in [0.3, 0.4) is 0 Å². The second-order valence-electron chi connectivity index (χ2n) is 4.77. The average molecular weight is 327 g/mol. The van der Waals surface area contributed by atoms with Crippen molar-refractivity contribution in [1.29, 1.82) is 0 Å². The van der Waals surface area contributed by atoms with Crippen molar-refractivity contribution < 1.29 is 9.59 Å². The van der Waals surface area contributed by atoms with Crippen molar-refractivity contribution in [3.05, 3.63) is 53.8 Å². The lowest BCUT2D eigenvalue weighted by Crippen LogP contribution is -2.28. The number of amides is 2. The van der Waals surface area contributed by atoms with E-state index in [4.69, 9.17) is 0 Å². The van der Waals surface area contributed by atoms with Gasteiger partial charge in [0, 0.05) is 17.3 Å². The first kappa shape index (κ1) is 14.9. The molecule has 23 heavy (non-hydrogen) atoms. The van der Waals surface area contributed by atoms with E-state index in [0.717, 1.165) is 5.56 Å². The van der Waals surface area contributed by atoms with E-state index in [1.54, 1.807) is 30.6 Å². The maximum Gasteiger partial charge on any atom is 0.314 e. The first-order valence-corrected chi connectivity index (χ1v) is 7.63. The second-order valence-corrected chi connectivity index (χ2v) is 5.64. The number of carbonyl (C=O) groups is 2. The number of aromatic nitrogens is 3. The molecular weight excluding hydrogens is 314 g/mol. The molecule has 2 N–H and O–H groups in total. The predicted octanol–water partition coefficient (Wildman–Crippen LogP) is 2.21. The van der Waals surface area contributed by atoms with Gasteiger partial charge < -0.3 is 10.6 Å². The van der Waals surface area contributed by atoms with E-state index in [1.165, 1.54) is 22.2 Å². The Morgan fingerprint density at radius 2 is 1.96 bits per heavy atom. The smallest absolute Gasteiger partial charge is 0.314 e. The van der Waals surface area contributed by atoms with Crippen LogP contribution in [0.2, 0.25) is 0 Å². The van der Waals surface area contributed by atoms with E-state index in [2.05, 4.69) is 20.7 Å². The van der Waals surface area contributed by atoms with E-state index in [-0.39, 0.29) is 0 Å². The molecular formula is C15H13N5O2S. The van der Waals surface area contributed by atoms with Crippen LogP contribution in [0.25, 0.3) is 5.13 Å². The predicted molar refractivity (Wildman–Crippen MR) is 87.7 cm³/mol. The average Bonchev–Trinajstić information content (AvgIpc) is 3.17. The Morgan fingerprint density at radius 3 is 2.65 bits per heavy atom. The molecule has 2 heterocycles. The highest BCUT2D eigenvalue weighted by Gasteiger charge is 2.15. The summed E-state index contributed by atoms with van der Waals surface area (Å²) < 4.78 is 1.53. The number of aryl methyl sites for hydroxylation is 1. The molecule has 2 amide bonds. The van der Waals surface area contributed by atoms with Crippen molar-refractivity contribution in [2.24, 2.45) is 0 Å². The minimum atomic E-state index is -0.759. The maximum atomic E-state index is 11.9. The van der Waals surface area contributed by atoms with Crippen LogP contribution >= 0.6 is 11.3 Å². The van der Waals surface area contributed by atoms with Gasteiger partial charge in [0.25, 0.3) is 0 Å². The van der Waals surface area contributed by atoms with Crippen molar-refractivity contribution in [2.75, 3.05) is 10.6 Å². The molecule has 7 nitrogen and oxygen atoms in total. The number of carbonyl (C=O) groups excluding carboxylic acids is 2. The highest BCUT2D eigenvalue weighted by molar-refractivity contribution is 7.12. The number of nitrogens with one attached hydrogen (secondary N) is 2. The number of benzene rings is 1. The van der Waals surface area contributed by atoms with Crippen molar-refractivity contribution in [2.45, 2.75) is 6.92 Å². The first-order valence-electron chi connectivity index (χ1n) is 6.75. The molecule has 1 aromatic carbocycles. The summed E-state index contributed by atoms with van der Waals surface area (Å²) in [5, 5.41) is 11.6. The lowest BCUT2D eigenvalue weighted by atomic mass is 10.2. The molecule has 0 aliphatic carbocycles. The third-order valence-electron chi connectivity index (χ3n) is 2.94. The number of nitrogens with zero attached hydrogens (tertiary/aromatic N) is 3. The van der Waals surface area contributed by atoms with Crippen LogP contribution in [0.15, 0.2) is 48.2 Å². The molecule has 0 radical (unpaired) electrons. The molecule has 0 atom stereocenters. The van der Waals surface area contributed by atoms with Crippen LogP contribution in [0.5, 0.6) is 0 Å². The fourth-order valence-electron chi connectivity index (χ4n) is 1.92. The maximum absolute atomic E-state index is 11.9. The van der Waals surface area contributed by atoms with E-state index < -0.39 is 11.8 Å². The molecule has 0 saturated carbocycles. The quantitative estimate of drug-likeness (QED) is 0.722. The molecule has 0 fully saturated rings. The summed E-state index contributed by atoms with van der Waals surface area (Å²) in [6.45, 7) is 1.91. The molecule has 0 spiro atoms. The largest absolute Gasteiger partial charge is 0.318 e. The van der Waals surface area contributed by atoms with Crippen LogP contribution in [0.4, 0.5) is 11.4 Å². The zero-order chi connectivity index (χ0) is 16.2. The van der Waals surface area contributed by atoms with E-state index >= 15 is 0 Å². The number of anilines is 2. The van der Waals surface area contributed by atoms with Gasteiger partial charge in [-0.05, 0) is 24.6 Å². The Balaban J connectivity index is 1.63. The number of hydrogen-bond donors (Lipinski definition) is 2. The molecule has 2 aromatic heterocycles. The monoisotopic (exact) mass is 327 g/mol. The van der Waals surface area contributed by atoms with Gasteiger partial charge in [-0.15, -0.1) is 11.3 Å². The fraction of sp³-hybridized carbons (Fsp3) is 0.0667. The lowest BCUT2D eigenvalue weighted by Gasteiger charge is -2.05. The fourth-order valence-corrected chi connectivity index (χ4v) is 2.49. The highest BCUT2D eigenvalue weighted by Crippen LogP contribution is 2.14. The topological polar surface area (TPSA) is 88.9 Å². The van der Waals surface area contributed by atoms with Crippen molar-refractivity contribution >= 4 is 34.5 Å². The Labute approximate surface area is 136 Å². The minimum absolute atomic E-state index is 0.421. The van der Waals surface area contributed by atoms with Gasteiger partial charge in [0.1, 0.15) is 0 Å². The molecule has 8 heteroatoms. The standard InChI is InChI=1S/C15H13N5O2S/c1-10-3-2-4-11(7-10)18-13(21)14(22)19-12-8-17-20(9-12)15-16-5-6-23-15/h2-9H,1H3,(H,18,21)(H,19,22). The van der Waals surface area contributed by atoms with E-state index in [0.29, 0.717) is 16.5 Å². The summed E-state index contributed by atoms with van der Waals surface area (Å²) in [4.78, 5) is 27.9. The summed E-state index contributed by atoms with van der Waals surface area (Å²) in [5.41, 5.74) is 1.99. The minimum Gasteiger partial charge on any atom is -0.318 e. The number of hydrogen-bond acceptors (Lipinski definition) is 5. The molecule has 0 bridgehead atoms. The zero-order valence-corrected chi connectivity index (χ0v) is 13.0. The van der Waals surface area contributed by atoms with Crippen molar-refractivity contribution in [1.82, 2.24) is 14.8 Å². The molecule has 3 rings (SSSR count). The highest BCUT2D eigenvalue weighted by atomic mass is 32.1. The van der Waals surface area contributed by atoms with Gasteiger partial charge in [-0.1, -0.05) is 12.1 Å². The van der Waals surface area contributed by atoms with Crippen LogP contribution in [-0.2, 0) is 9.59 Å². The number of rotatable bonds is 3. The summed E-state index contributed by atoms with van der Waals surface area (Å²) in [5.74, 6) is -1.50.